The number of rotatable bonds is 4. The van der Waals surface area contributed by atoms with Gasteiger partial charge in [0.05, 0.1) is 11.6 Å². The molecule has 0 spiro atoms. The summed E-state index contributed by atoms with van der Waals surface area (Å²) in [4.78, 5) is 24.5. The lowest BCUT2D eigenvalue weighted by molar-refractivity contribution is 0.101. The molecular weight excluding hydrogens is 345 g/mol. The van der Waals surface area contributed by atoms with E-state index in [9.17, 15) is 14.0 Å². The van der Waals surface area contributed by atoms with Crippen molar-refractivity contribution in [1.82, 2.24) is 0 Å². The van der Waals surface area contributed by atoms with Crippen molar-refractivity contribution in [2.24, 2.45) is 0 Å². The molecule has 0 aromatic heterocycles. The molecule has 0 aliphatic carbocycles. The van der Waals surface area contributed by atoms with E-state index in [1.165, 1.54) is 48.5 Å². The second-order valence-electron chi connectivity index (χ2n) is 5.69. The molecule has 6 heteroatoms. The number of amides is 2. The molecule has 3 aromatic carbocycles. The summed E-state index contributed by atoms with van der Waals surface area (Å²) in [5.41, 5.74) is 2.16. The smallest absolute Gasteiger partial charge is 0.255 e. The summed E-state index contributed by atoms with van der Waals surface area (Å²) in [7, 11) is 0. The minimum absolute atomic E-state index is 0.351. The van der Waals surface area contributed by atoms with Crippen LogP contribution in [0.15, 0.2) is 72.8 Å². The van der Waals surface area contributed by atoms with E-state index in [0.717, 1.165) is 0 Å². The van der Waals surface area contributed by atoms with Crippen LogP contribution in [-0.2, 0) is 0 Å². The topological polar surface area (TPSA) is 82.0 Å². The number of halogens is 1. The molecule has 0 radical (unpaired) electrons. The van der Waals surface area contributed by atoms with Crippen molar-refractivity contribution in [3.8, 4) is 6.07 Å². The number of nitrogens with zero attached hydrogens (tertiary/aromatic N) is 1. The Morgan fingerprint density at radius 1 is 0.778 bits per heavy atom. The Labute approximate surface area is 155 Å². The lowest BCUT2D eigenvalue weighted by atomic mass is 10.1. The molecular formula is C21H14FN3O2. The number of benzene rings is 3. The Bertz CT molecular complexity index is 1020. The van der Waals surface area contributed by atoms with Crippen LogP contribution in [0.4, 0.5) is 15.8 Å². The maximum absolute atomic E-state index is 12.9. The van der Waals surface area contributed by atoms with Crippen LogP contribution in [-0.4, -0.2) is 11.8 Å². The Morgan fingerprint density at radius 3 is 1.89 bits per heavy atom. The van der Waals surface area contributed by atoms with Gasteiger partial charge in [-0.05, 0) is 66.7 Å². The second kappa shape index (κ2) is 7.93. The molecule has 0 bridgehead atoms. The zero-order valence-corrected chi connectivity index (χ0v) is 14.1. The Balaban J connectivity index is 1.67. The third-order valence-corrected chi connectivity index (χ3v) is 3.76. The average molecular weight is 359 g/mol. The Kier molecular flexibility index (Phi) is 5.24. The third-order valence-electron chi connectivity index (χ3n) is 3.76. The monoisotopic (exact) mass is 359 g/mol. The van der Waals surface area contributed by atoms with Gasteiger partial charge in [0.25, 0.3) is 11.8 Å². The van der Waals surface area contributed by atoms with Gasteiger partial charge in [-0.1, -0.05) is 6.07 Å². The number of hydrogen-bond acceptors (Lipinski definition) is 3. The van der Waals surface area contributed by atoms with Crippen LogP contribution >= 0.6 is 0 Å². The molecule has 0 fully saturated rings. The van der Waals surface area contributed by atoms with Crippen molar-refractivity contribution in [1.29, 1.82) is 5.26 Å². The SMILES string of the molecule is N#Cc1cccc(NC(=O)c2ccc(C(=O)Nc3ccc(F)cc3)cc2)c1. The van der Waals surface area contributed by atoms with Crippen LogP contribution in [0.2, 0.25) is 0 Å². The zero-order valence-electron chi connectivity index (χ0n) is 14.1. The Hall–Kier alpha value is -3.98. The third kappa shape index (κ3) is 4.55. The molecule has 0 unspecified atom stereocenters. The first-order chi connectivity index (χ1) is 13.0. The summed E-state index contributed by atoms with van der Waals surface area (Å²) in [6, 6.07) is 20.1. The summed E-state index contributed by atoms with van der Waals surface area (Å²) < 4.78 is 12.9. The minimum atomic E-state index is -0.385. The molecule has 2 N–H and O–H groups in total. The van der Waals surface area contributed by atoms with Gasteiger partial charge in [-0.25, -0.2) is 4.39 Å². The van der Waals surface area contributed by atoms with Gasteiger partial charge in [-0.2, -0.15) is 5.26 Å². The largest absolute Gasteiger partial charge is 0.322 e. The maximum atomic E-state index is 12.9. The number of nitriles is 1. The van der Waals surface area contributed by atoms with Crippen molar-refractivity contribution in [2.75, 3.05) is 10.6 Å². The fourth-order valence-electron chi connectivity index (χ4n) is 2.38. The van der Waals surface area contributed by atoms with Crippen molar-refractivity contribution >= 4 is 23.2 Å². The highest BCUT2D eigenvalue weighted by Crippen LogP contribution is 2.14. The predicted molar refractivity (Wildman–Crippen MR) is 99.9 cm³/mol. The Morgan fingerprint density at radius 2 is 1.33 bits per heavy atom. The number of carbonyl (C=O) groups is 2. The standard InChI is InChI=1S/C21H14FN3O2/c22-17-8-10-18(11-9-17)24-20(26)15-4-6-16(7-5-15)21(27)25-19-3-1-2-14(12-19)13-23/h1-12H,(H,24,26)(H,25,27). The van der Waals surface area contributed by atoms with Crippen LogP contribution < -0.4 is 10.6 Å². The van der Waals surface area contributed by atoms with E-state index in [1.54, 1.807) is 24.3 Å². The summed E-state index contributed by atoms with van der Waals surface area (Å²) in [6.07, 6.45) is 0. The summed E-state index contributed by atoms with van der Waals surface area (Å²) >= 11 is 0. The van der Waals surface area contributed by atoms with E-state index in [4.69, 9.17) is 5.26 Å². The van der Waals surface area contributed by atoms with Gasteiger partial charge in [-0.3, -0.25) is 9.59 Å². The fourth-order valence-corrected chi connectivity index (χ4v) is 2.38. The molecule has 0 aliphatic heterocycles. The summed E-state index contributed by atoms with van der Waals surface area (Å²) in [5.74, 6) is -1.10. The van der Waals surface area contributed by atoms with E-state index in [2.05, 4.69) is 10.6 Å². The molecule has 5 nitrogen and oxygen atoms in total. The highest BCUT2D eigenvalue weighted by atomic mass is 19.1. The quantitative estimate of drug-likeness (QED) is 0.732. The van der Waals surface area contributed by atoms with Crippen molar-refractivity contribution in [3.05, 3.63) is 95.3 Å². The van der Waals surface area contributed by atoms with Crippen LogP contribution in [0.1, 0.15) is 26.3 Å². The molecule has 0 aliphatic rings. The number of nitrogens with one attached hydrogen (secondary N) is 2. The normalized spacial score (nSPS) is 9.93. The van der Waals surface area contributed by atoms with Crippen LogP contribution in [0.25, 0.3) is 0 Å². The van der Waals surface area contributed by atoms with Gasteiger partial charge in [0.15, 0.2) is 0 Å². The van der Waals surface area contributed by atoms with Gasteiger partial charge in [0, 0.05) is 22.5 Å². The molecule has 3 rings (SSSR count). The molecule has 0 saturated heterocycles. The van der Waals surface area contributed by atoms with E-state index in [-0.39, 0.29) is 17.6 Å². The average Bonchev–Trinajstić information content (AvgIpc) is 2.70. The molecule has 27 heavy (non-hydrogen) atoms. The van der Waals surface area contributed by atoms with Gasteiger partial charge in [0.1, 0.15) is 5.82 Å². The van der Waals surface area contributed by atoms with Crippen LogP contribution in [0.3, 0.4) is 0 Å². The lowest BCUT2D eigenvalue weighted by Gasteiger charge is -2.08. The van der Waals surface area contributed by atoms with Gasteiger partial charge < -0.3 is 10.6 Å². The molecule has 2 amide bonds. The van der Waals surface area contributed by atoms with Gasteiger partial charge in [-0.15, -0.1) is 0 Å². The molecule has 132 valence electrons. The van der Waals surface area contributed by atoms with Crippen molar-refractivity contribution < 1.29 is 14.0 Å². The number of hydrogen-bond donors (Lipinski definition) is 2. The second-order valence-corrected chi connectivity index (χ2v) is 5.69. The first kappa shape index (κ1) is 17.8. The first-order valence-corrected chi connectivity index (χ1v) is 8.03. The fraction of sp³-hybridized carbons (Fsp3) is 0. The molecule has 3 aromatic rings. The predicted octanol–water partition coefficient (Wildman–Crippen LogP) is 4.20. The number of anilines is 2. The molecule has 0 atom stereocenters. The van der Waals surface area contributed by atoms with Crippen LogP contribution in [0.5, 0.6) is 0 Å². The van der Waals surface area contributed by atoms with Crippen LogP contribution in [0, 0.1) is 17.1 Å². The van der Waals surface area contributed by atoms with E-state index < -0.39 is 0 Å². The van der Waals surface area contributed by atoms with Gasteiger partial charge >= 0.3 is 0 Å². The highest BCUT2D eigenvalue weighted by molar-refractivity contribution is 6.07. The van der Waals surface area contributed by atoms with E-state index in [0.29, 0.717) is 28.1 Å². The highest BCUT2D eigenvalue weighted by Gasteiger charge is 2.10. The lowest BCUT2D eigenvalue weighted by Crippen LogP contribution is -2.14. The van der Waals surface area contributed by atoms with E-state index in [1.807, 2.05) is 6.07 Å². The summed E-state index contributed by atoms with van der Waals surface area (Å²) in [6.45, 7) is 0. The summed E-state index contributed by atoms with van der Waals surface area (Å²) in [5, 5.41) is 14.2. The molecule has 0 heterocycles. The van der Waals surface area contributed by atoms with Gasteiger partial charge in [0.2, 0.25) is 0 Å². The van der Waals surface area contributed by atoms with Crippen molar-refractivity contribution in [2.45, 2.75) is 0 Å². The maximum Gasteiger partial charge on any atom is 0.255 e. The minimum Gasteiger partial charge on any atom is -0.322 e. The first-order valence-electron chi connectivity index (χ1n) is 8.03. The van der Waals surface area contributed by atoms with E-state index >= 15 is 0 Å². The molecule has 0 saturated carbocycles. The van der Waals surface area contributed by atoms with Crippen molar-refractivity contribution in [3.63, 3.8) is 0 Å². The number of carbonyl (C=O) groups excluding carboxylic acids is 2. The zero-order chi connectivity index (χ0) is 19.2.